The zero-order chi connectivity index (χ0) is 28.4. The number of phenols is 2. The molecule has 2 aromatic carbocycles. The maximum atomic E-state index is 13.7. The van der Waals surface area contributed by atoms with Crippen molar-refractivity contribution in [3.05, 3.63) is 51.6 Å². The first-order chi connectivity index (χ1) is 18.4. The van der Waals surface area contributed by atoms with E-state index in [1.807, 2.05) is 0 Å². The van der Waals surface area contributed by atoms with Gasteiger partial charge in [0.1, 0.15) is 23.4 Å². The topological polar surface area (TPSA) is 209 Å². The Morgan fingerprint density at radius 2 is 1.82 bits per heavy atom. The van der Waals surface area contributed by atoms with Crippen LogP contribution < -0.4 is 10.5 Å². The van der Waals surface area contributed by atoms with Gasteiger partial charge in [0.2, 0.25) is 5.78 Å². The van der Waals surface area contributed by atoms with Gasteiger partial charge in [-0.3, -0.25) is 9.59 Å². The summed E-state index contributed by atoms with van der Waals surface area (Å²) in [7, 11) is 1.33. The SMILES string of the molecule is COc1cccc2c1C(=O)c1c(O)c3c(c(O)c1C2=O)C[C@@](O)(C(O)CO)C[C@@H]3O[C@H]1C[C@H](N)[C@@H](O)[C@H](C)O1.Cl. The lowest BCUT2D eigenvalue weighted by Crippen LogP contribution is -2.53. The number of methoxy groups -OCH3 is 1. The molecule has 0 spiro atoms. The highest BCUT2D eigenvalue weighted by molar-refractivity contribution is 6.31. The zero-order valence-corrected chi connectivity index (χ0v) is 22.6. The van der Waals surface area contributed by atoms with Gasteiger partial charge in [0, 0.05) is 42.0 Å². The van der Waals surface area contributed by atoms with Gasteiger partial charge in [0.25, 0.3) is 0 Å². The lowest BCUT2D eigenvalue weighted by atomic mass is 9.71. The summed E-state index contributed by atoms with van der Waals surface area (Å²) in [5, 5.41) is 64.4. The molecule has 1 unspecified atom stereocenters. The molecule has 40 heavy (non-hydrogen) atoms. The Morgan fingerprint density at radius 1 is 1.15 bits per heavy atom. The number of fused-ring (bicyclic) bond motifs is 3. The largest absolute Gasteiger partial charge is 0.507 e. The van der Waals surface area contributed by atoms with Gasteiger partial charge in [-0.05, 0) is 13.0 Å². The number of halogens is 1. The van der Waals surface area contributed by atoms with Crippen LogP contribution in [-0.2, 0) is 15.9 Å². The van der Waals surface area contributed by atoms with Crippen molar-refractivity contribution in [1.82, 2.24) is 0 Å². The van der Waals surface area contributed by atoms with Crippen molar-refractivity contribution in [3.63, 3.8) is 0 Å². The summed E-state index contributed by atoms with van der Waals surface area (Å²) in [5.74, 6) is -2.68. The van der Waals surface area contributed by atoms with Crippen LogP contribution in [0.5, 0.6) is 17.2 Å². The van der Waals surface area contributed by atoms with E-state index in [-0.39, 0.29) is 53.3 Å². The monoisotopic (exact) mass is 581 g/mol. The highest BCUT2D eigenvalue weighted by Crippen LogP contribution is 2.52. The number of hydrogen-bond acceptors (Lipinski definition) is 12. The highest BCUT2D eigenvalue weighted by atomic mass is 35.5. The molecule has 0 radical (unpaired) electrons. The lowest BCUT2D eigenvalue weighted by Gasteiger charge is -2.44. The first-order valence-corrected chi connectivity index (χ1v) is 12.6. The molecule has 1 heterocycles. The van der Waals surface area contributed by atoms with Crippen LogP contribution in [0.25, 0.3) is 0 Å². The van der Waals surface area contributed by atoms with Crippen molar-refractivity contribution in [3.8, 4) is 17.2 Å². The first-order valence-electron chi connectivity index (χ1n) is 12.6. The summed E-state index contributed by atoms with van der Waals surface area (Å²) in [6, 6.07) is 3.69. The van der Waals surface area contributed by atoms with Crippen LogP contribution in [0.1, 0.15) is 68.8 Å². The highest BCUT2D eigenvalue weighted by Gasteiger charge is 2.50. The van der Waals surface area contributed by atoms with Crippen LogP contribution in [-0.4, -0.2) is 92.2 Å². The number of benzene rings is 2. The van der Waals surface area contributed by atoms with Gasteiger partial charge >= 0.3 is 0 Å². The number of ether oxygens (including phenoxy) is 3. The molecule has 1 fully saturated rings. The molecule has 2 aromatic rings. The van der Waals surface area contributed by atoms with Crippen LogP contribution in [0, 0.1) is 0 Å². The van der Waals surface area contributed by atoms with Crippen molar-refractivity contribution in [1.29, 1.82) is 0 Å². The standard InChI is InChI=1S/C27H31NO11.ClH/c1-10-22(31)13(28)6-17(38-10)39-15-8-27(36,16(30)9-29)7-12-19(15)26(35)21-20(24(12)33)23(32)11-4-3-5-14(37-2)18(11)25(21)34;/h3-5,10,13,15-17,22,29-31,33,35-36H,6-9,28H2,1-2H3;1H/t10-,13-,15-,16?,17-,22-,27-;/m0./s1. The average molecular weight is 582 g/mol. The molecule has 218 valence electrons. The van der Waals surface area contributed by atoms with Gasteiger partial charge in [-0.1, -0.05) is 12.1 Å². The normalized spacial score (nSPS) is 30.0. The van der Waals surface area contributed by atoms with Crippen LogP contribution in [0.4, 0.5) is 0 Å². The Hall–Kier alpha value is -2.81. The molecule has 3 aliphatic rings. The Bertz CT molecular complexity index is 1340. The maximum absolute atomic E-state index is 13.7. The van der Waals surface area contributed by atoms with Crippen molar-refractivity contribution >= 4 is 24.0 Å². The minimum absolute atomic E-state index is 0. The zero-order valence-electron chi connectivity index (χ0n) is 21.7. The van der Waals surface area contributed by atoms with Crippen molar-refractivity contribution in [2.75, 3.05) is 13.7 Å². The molecule has 0 amide bonds. The molecule has 5 rings (SSSR count). The van der Waals surface area contributed by atoms with E-state index in [9.17, 15) is 40.2 Å². The second-order valence-corrected chi connectivity index (χ2v) is 10.3. The number of aromatic hydroxyl groups is 2. The maximum Gasteiger partial charge on any atom is 0.202 e. The van der Waals surface area contributed by atoms with Crippen LogP contribution in [0.3, 0.4) is 0 Å². The van der Waals surface area contributed by atoms with Crippen LogP contribution in [0.2, 0.25) is 0 Å². The summed E-state index contributed by atoms with van der Waals surface area (Å²) < 4.78 is 17.1. The molecule has 1 aliphatic heterocycles. The van der Waals surface area contributed by atoms with Crippen LogP contribution >= 0.6 is 12.4 Å². The second-order valence-electron chi connectivity index (χ2n) is 10.3. The summed E-state index contributed by atoms with van der Waals surface area (Å²) >= 11 is 0. The molecule has 7 atom stereocenters. The van der Waals surface area contributed by atoms with Crippen molar-refractivity contribution in [2.45, 2.75) is 68.5 Å². The van der Waals surface area contributed by atoms with E-state index in [1.165, 1.54) is 25.3 Å². The number of carbonyl (C=O) groups is 2. The molecule has 12 nitrogen and oxygen atoms in total. The number of phenolic OH excluding ortho intramolecular Hbond substituents is 2. The molecular formula is C27H32ClNO11. The summed E-state index contributed by atoms with van der Waals surface area (Å²) in [5.41, 5.74) is 2.77. The summed E-state index contributed by atoms with van der Waals surface area (Å²) in [4.78, 5) is 27.2. The van der Waals surface area contributed by atoms with Gasteiger partial charge in [0.05, 0.1) is 54.3 Å². The van der Waals surface area contributed by atoms with Crippen molar-refractivity contribution < 1.29 is 54.4 Å². The number of aliphatic hydroxyl groups excluding tert-OH is 3. The van der Waals surface area contributed by atoms with E-state index in [4.69, 9.17) is 19.9 Å². The smallest absolute Gasteiger partial charge is 0.202 e. The molecule has 0 saturated carbocycles. The lowest BCUT2D eigenvalue weighted by molar-refractivity contribution is -0.251. The number of carbonyl (C=O) groups excluding carboxylic acids is 2. The molecule has 2 aliphatic carbocycles. The molecule has 13 heteroatoms. The second kappa shape index (κ2) is 10.9. The van der Waals surface area contributed by atoms with Gasteiger partial charge in [-0.2, -0.15) is 0 Å². The third-order valence-electron chi connectivity index (χ3n) is 7.97. The summed E-state index contributed by atoms with van der Waals surface area (Å²) in [6.45, 7) is 0.768. The van der Waals surface area contributed by atoms with E-state index >= 15 is 0 Å². The Balaban J connectivity index is 0.00000370. The number of nitrogens with two attached hydrogens (primary N) is 1. The first kappa shape index (κ1) is 30.2. The van der Waals surface area contributed by atoms with E-state index in [0.29, 0.717) is 0 Å². The number of hydrogen-bond donors (Lipinski definition) is 7. The average Bonchev–Trinajstić information content (AvgIpc) is 2.90. The predicted octanol–water partition coefficient (Wildman–Crippen LogP) is 0.215. The van der Waals surface area contributed by atoms with E-state index < -0.39 is 89.6 Å². The third-order valence-corrected chi connectivity index (χ3v) is 7.97. The fraction of sp³-hybridized carbons (Fsp3) is 0.481. The van der Waals surface area contributed by atoms with E-state index in [2.05, 4.69) is 0 Å². The number of aliphatic hydroxyl groups is 4. The quantitative estimate of drug-likeness (QED) is 0.202. The van der Waals surface area contributed by atoms with Crippen molar-refractivity contribution in [2.24, 2.45) is 5.73 Å². The fourth-order valence-corrected chi connectivity index (χ4v) is 5.84. The molecule has 0 aromatic heterocycles. The number of rotatable bonds is 5. The Morgan fingerprint density at radius 3 is 2.45 bits per heavy atom. The number of ketones is 2. The van der Waals surface area contributed by atoms with Gasteiger partial charge in [-0.15, -0.1) is 12.4 Å². The Kier molecular flexibility index (Phi) is 8.20. The van der Waals surface area contributed by atoms with Gasteiger partial charge in [-0.25, -0.2) is 0 Å². The van der Waals surface area contributed by atoms with Gasteiger partial charge in [0.15, 0.2) is 12.1 Å². The van der Waals surface area contributed by atoms with Crippen LogP contribution in [0.15, 0.2) is 18.2 Å². The minimum Gasteiger partial charge on any atom is -0.507 e. The third kappa shape index (κ3) is 4.54. The van der Waals surface area contributed by atoms with Gasteiger partial charge < -0.3 is 50.6 Å². The van der Waals surface area contributed by atoms with E-state index in [1.54, 1.807) is 6.92 Å². The summed E-state index contributed by atoms with van der Waals surface area (Å²) in [6.07, 6.45) is -6.45. The molecular weight excluding hydrogens is 550 g/mol. The molecule has 0 bridgehead atoms. The predicted molar refractivity (Wildman–Crippen MR) is 140 cm³/mol. The Labute approximate surface area is 235 Å². The minimum atomic E-state index is -2.05. The molecule has 1 saturated heterocycles. The molecule has 8 N–H and O–H groups in total. The fourth-order valence-electron chi connectivity index (χ4n) is 5.84. The van der Waals surface area contributed by atoms with E-state index in [0.717, 1.165) is 0 Å².